The molecule has 0 spiro atoms. The Bertz CT molecular complexity index is 813. The first-order chi connectivity index (χ1) is 13.9. The van der Waals surface area contributed by atoms with Gasteiger partial charge in [0.25, 0.3) is 0 Å². The largest absolute Gasteiger partial charge is 0.374 e. The summed E-state index contributed by atoms with van der Waals surface area (Å²) in [5.41, 5.74) is 1.89. The minimum atomic E-state index is -3.37. The van der Waals surface area contributed by atoms with E-state index in [1.54, 1.807) is 13.8 Å². The summed E-state index contributed by atoms with van der Waals surface area (Å²) in [6.45, 7) is 10.7. The number of hydrogen-bond donors (Lipinski definition) is 2. The van der Waals surface area contributed by atoms with Gasteiger partial charge < -0.3 is 10.2 Å². The van der Waals surface area contributed by atoms with Gasteiger partial charge in [-0.3, -0.25) is 4.79 Å². The molecule has 0 radical (unpaired) electrons. The van der Waals surface area contributed by atoms with Crippen molar-refractivity contribution >= 4 is 27.3 Å². The summed E-state index contributed by atoms with van der Waals surface area (Å²) >= 11 is 0. The summed E-state index contributed by atoms with van der Waals surface area (Å²) < 4.78 is 27.2. The van der Waals surface area contributed by atoms with Gasteiger partial charge in [-0.05, 0) is 70.1 Å². The second kappa shape index (κ2) is 10.1. The molecule has 170 valence electrons. The van der Waals surface area contributed by atoms with Gasteiger partial charge in [-0.2, -0.15) is 0 Å². The van der Waals surface area contributed by atoms with Gasteiger partial charge >= 0.3 is 0 Å². The van der Waals surface area contributed by atoms with Crippen LogP contribution in [0.3, 0.4) is 0 Å². The van der Waals surface area contributed by atoms with E-state index in [0.29, 0.717) is 38.0 Å². The van der Waals surface area contributed by atoms with Gasteiger partial charge in [0.15, 0.2) is 0 Å². The van der Waals surface area contributed by atoms with Crippen molar-refractivity contribution in [2.45, 2.75) is 77.5 Å². The fraction of sp³-hybridized carbons (Fsp3) is 0.696. The molecular weight excluding hydrogens is 398 g/mol. The fourth-order valence-electron chi connectivity index (χ4n) is 3.76. The third-order valence-electron chi connectivity index (χ3n) is 6.19. The quantitative estimate of drug-likeness (QED) is 0.601. The molecule has 2 rings (SSSR count). The molecule has 1 aliphatic rings. The molecule has 2 N–H and O–H groups in total. The van der Waals surface area contributed by atoms with E-state index < -0.39 is 14.8 Å². The predicted molar refractivity (Wildman–Crippen MR) is 125 cm³/mol. The lowest BCUT2D eigenvalue weighted by molar-refractivity contribution is -0.120. The number of carbonyl (C=O) groups excluding carboxylic acids is 1. The van der Waals surface area contributed by atoms with E-state index in [1.807, 2.05) is 31.2 Å². The normalized spacial score (nSPS) is 20.2. The number of sulfonamides is 1. The highest BCUT2D eigenvalue weighted by Gasteiger charge is 2.36. The van der Waals surface area contributed by atoms with Crippen LogP contribution in [0.5, 0.6) is 0 Å². The van der Waals surface area contributed by atoms with Crippen LogP contribution >= 0.6 is 0 Å². The number of benzene rings is 1. The van der Waals surface area contributed by atoms with Crippen LogP contribution in [0.1, 0.15) is 66.7 Å². The Labute approximate surface area is 182 Å². The molecule has 1 aromatic rings. The van der Waals surface area contributed by atoms with E-state index in [0.717, 1.165) is 17.9 Å². The van der Waals surface area contributed by atoms with E-state index in [2.05, 4.69) is 35.8 Å². The number of nitrogens with one attached hydrogen (secondary N) is 2. The van der Waals surface area contributed by atoms with Crippen LogP contribution in [0.15, 0.2) is 24.3 Å². The molecule has 0 aliphatic heterocycles. The second-order valence-electron chi connectivity index (χ2n) is 9.60. The maximum atomic E-state index is 12.8. The van der Waals surface area contributed by atoms with Crippen LogP contribution < -0.4 is 14.9 Å². The molecule has 7 heteroatoms. The van der Waals surface area contributed by atoms with Crippen LogP contribution in [0, 0.1) is 11.8 Å². The third kappa shape index (κ3) is 6.45. The summed E-state index contributed by atoms with van der Waals surface area (Å²) in [6.07, 6.45) is 3.32. The minimum Gasteiger partial charge on any atom is -0.374 e. The minimum absolute atomic E-state index is 0.0221. The number of nitrogens with zero attached hydrogens (tertiary/aromatic N) is 1. The highest BCUT2D eigenvalue weighted by Crippen LogP contribution is 2.29. The van der Waals surface area contributed by atoms with Crippen molar-refractivity contribution in [2.24, 2.45) is 11.8 Å². The lowest BCUT2D eigenvalue weighted by atomic mass is 9.86. The van der Waals surface area contributed by atoms with Crippen molar-refractivity contribution in [3.63, 3.8) is 0 Å². The molecule has 0 aromatic heterocycles. The molecule has 1 aromatic carbocycles. The first-order valence-electron chi connectivity index (χ1n) is 11.1. The highest BCUT2D eigenvalue weighted by atomic mass is 32.2. The molecule has 0 bridgehead atoms. The van der Waals surface area contributed by atoms with Crippen molar-refractivity contribution < 1.29 is 13.2 Å². The summed E-state index contributed by atoms with van der Waals surface area (Å²) in [5.74, 6) is 0.500. The molecule has 1 amide bonds. The molecule has 0 saturated heterocycles. The Kier molecular flexibility index (Phi) is 8.34. The van der Waals surface area contributed by atoms with Crippen LogP contribution in [0.2, 0.25) is 0 Å². The van der Waals surface area contributed by atoms with Gasteiger partial charge in [-0.1, -0.05) is 26.8 Å². The molecule has 0 heterocycles. The standard InChI is InChI=1S/C23H39N3O3S/c1-7-23(4,5)30(28,29)25-19-13-11-18(12-14-19)22(27)24-20-9-8-10-21(15-20)26(6)16-17(2)3/h8-10,15,17-19,25H,7,11-14,16H2,1-6H3,(H,24,27). The lowest BCUT2D eigenvalue weighted by Gasteiger charge is -2.31. The smallest absolute Gasteiger partial charge is 0.227 e. The van der Waals surface area contributed by atoms with E-state index >= 15 is 0 Å². The molecule has 1 saturated carbocycles. The fourth-order valence-corrected chi connectivity index (χ4v) is 5.13. The molecule has 6 nitrogen and oxygen atoms in total. The lowest BCUT2D eigenvalue weighted by Crippen LogP contribution is -2.47. The van der Waals surface area contributed by atoms with E-state index in [1.165, 1.54) is 0 Å². The van der Waals surface area contributed by atoms with Crippen molar-refractivity contribution in [3.05, 3.63) is 24.3 Å². The summed E-state index contributed by atoms with van der Waals surface area (Å²) in [5, 5.41) is 3.05. The van der Waals surface area contributed by atoms with Crippen LogP contribution in [0.25, 0.3) is 0 Å². The van der Waals surface area contributed by atoms with Gasteiger partial charge in [0.2, 0.25) is 15.9 Å². The maximum Gasteiger partial charge on any atom is 0.227 e. The zero-order valence-electron chi connectivity index (χ0n) is 19.4. The Hall–Kier alpha value is -1.60. The molecule has 1 fully saturated rings. The SMILES string of the molecule is CCC(C)(C)S(=O)(=O)NC1CCC(C(=O)Nc2cccc(N(C)CC(C)C)c2)CC1. The van der Waals surface area contributed by atoms with E-state index in [4.69, 9.17) is 0 Å². The summed E-state index contributed by atoms with van der Waals surface area (Å²) in [4.78, 5) is 15.0. The van der Waals surface area contributed by atoms with Crippen LogP contribution in [-0.2, 0) is 14.8 Å². The molecule has 30 heavy (non-hydrogen) atoms. The third-order valence-corrected chi connectivity index (χ3v) is 8.58. The molecule has 0 atom stereocenters. The summed E-state index contributed by atoms with van der Waals surface area (Å²) in [6, 6.07) is 7.85. The predicted octanol–water partition coefficient (Wildman–Crippen LogP) is 4.38. The molecule has 0 unspecified atom stereocenters. The Balaban J connectivity index is 1.91. The number of hydrogen-bond acceptors (Lipinski definition) is 4. The van der Waals surface area contributed by atoms with Gasteiger partial charge in [0.1, 0.15) is 0 Å². The number of anilines is 2. The van der Waals surface area contributed by atoms with Gasteiger partial charge in [0.05, 0.1) is 4.75 Å². The number of amides is 1. The Morgan fingerprint density at radius 3 is 2.40 bits per heavy atom. The first kappa shape index (κ1) is 24.7. The van der Waals surface area contributed by atoms with Crippen molar-refractivity contribution in [1.82, 2.24) is 4.72 Å². The van der Waals surface area contributed by atoms with Gasteiger partial charge in [-0.25, -0.2) is 13.1 Å². The average molecular weight is 438 g/mol. The van der Waals surface area contributed by atoms with Crippen molar-refractivity contribution in [3.8, 4) is 0 Å². The Morgan fingerprint density at radius 2 is 1.83 bits per heavy atom. The maximum absolute atomic E-state index is 12.8. The van der Waals surface area contributed by atoms with Crippen molar-refractivity contribution in [1.29, 1.82) is 0 Å². The Morgan fingerprint density at radius 1 is 1.20 bits per heavy atom. The topological polar surface area (TPSA) is 78.5 Å². The zero-order chi connectivity index (χ0) is 22.5. The monoisotopic (exact) mass is 437 g/mol. The molecular formula is C23H39N3O3S. The van der Waals surface area contributed by atoms with Crippen LogP contribution in [0.4, 0.5) is 11.4 Å². The van der Waals surface area contributed by atoms with Gasteiger partial charge in [0, 0.05) is 36.9 Å². The van der Waals surface area contributed by atoms with Crippen molar-refractivity contribution in [2.75, 3.05) is 23.8 Å². The highest BCUT2D eigenvalue weighted by molar-refractivity contribution is 7.90. The van der Waals surface area contributed by atoms with Gasteiger partial charge in [-0.15, -0.1) is 0 Å². The second-order valence-corrected chi connectivity index (χ2v) is 11.9. The molecule has 1 aliphatic carbocycles. The first-order valence-corrected chi connectivity index (χ1v) is 12.6. The van der Waals surface area contributed by atoms with E-state index in [-0.39, 0.29) is 17.9 Å². The zero-order valence-corrected chi connectivity index (χ0v) is 20.2. The van der Waals surface area contributed by atoms with E-state index in [9.17, 15) is 13.2 Å². The van der Waals surface area contributed by atoms with Crippen LogP contribution in [-0.4, -0.2) is 38.7 Å². The number of rotatable bonds is 9. The average Bonchev–Trinajstić information content (AvgIpc) is 2.67. The number of carbonyl (C=O) groups is 1. The summed E-state index contributed by atoms with van der Waals surface area (Å²) in [7, 11) is -1.31.